The molecule has 1 amide bonds. The van der Waals surface area contributed by atoms with E-state index in [1.807, 2.05) is 0 Å². The molecule has 154 valence electrons. The SMILES string of the molecule is COc1cccc2cc(C(=O)OCC(=O)Nc3cc(Cl)ccc3[N+](=O)[O-])c(=O)oc12. The number of carbonyl (C=O) groups is 2. The van der Waals surface area contributed by atoms with Crippen LogP contribution in [-0.4, -0.2) is 30.5 Å². The number of nitro benzene ring substituents is 1. The van der Waals surface area contributed by atoms with E-state index in [4.69, 9.17) is 25.5 Å². The molecule has 0 radical (unpaired) electrons. The molecule has 0 atom stereocenters. The third-order valence-corrected chi connectivity index (χ3v) is 4.16. The van der Waals surface area contributed by atoms with Crippen molar-refractivity contribution in [3.8, 4) is 5.75 Å². The minimum absolute atomic E-state index is 0.160. The van der Waals surface area contributed by atoms with Crippen LogP contribution in [0.1, 0.15) is 10.4 Å². The molecule has 30 heavy (non-hydrogen) atoms. The molecule has 0 saturated carbocycles. The standard InChI is InChI=1S/C19H13ClN2O8/c1-28-15-4-2-3-10-7-12(19(25)30-17(10)15)18(24)29-9-16(23)21-13-8-11(20)5-6-14(13)22(26)27/h2-8H,9H2,1H3,(H,21,23). The molecule has 0 aliphatic heterocycles. The molecule has 0 fully saturated rings. The Labute approximate surface area is 173 Å². The summed E-state index contributed by atoms with van der Waals surface area (Å²) in [5.41, 5.74) is -1.78. The summed E-state index contributed by atoms with van der Waals surface area (Å²) in [6.07, 6.45) is 0. The molecule has 0 aliphatic carbocycles. The maximum absolute atomic E-state index is 12.2. The normalized spacial score (nSPS) is 10.5. The van der Waals surface area contributed by atoms with Crippen LogP contribution in [0.4, 0.5) is 11.4 Å². The quantitative estimate of drug-likeness (QED) is 0.271. The van der Waals surface area contributed by atoms with Crippen LogP contribution in [-0.2, 0) is 9.53 Å². The smallest absolute Gasteiger partial charge is 0.351 e. The molecular weight excluding hydrogens is 420 g/mol. The number of fused-ring (bicyclic) bond motifs is 1. The van der Waals surface area contributed by atoms with Gasteiger partial charge >= 0.3 is 11.6 Å². The Bertz CT molecular complexity index is 1220. The number of amides is 1. The van der Waals surface area contributed by atoms with Gasteiger partial charge in [-0.1, -0.05) is 23.7 Å². The second kappa shape index (κ2) is 8.62. The third-order valence-electron chi connectivity index (χ3n) is 3.93. The maximum atomic E-state index is 12.2. The van der Waals surface area contributed by atoms with E-state index in [1.54, 1.807) is 18.2 Å². The molecule has 3 rings (SSSR count). The molecule has 0 aliphatic rings. The van der Waals surface area contributed by atoms with Crippen molar-refractivity contribution in [2.45, 2.75) is 0 Å². The van der Waals surface area contributed by atoms with Gasteiger partial charge in [-0.05, 0) is 24.3 Å². The van der Waals surface area contributed by atoms with Crippen LogP contribution in [0.2, 0.25) is 5.02 Å². The second-order valence-corrected chi connectivity index (χ2v) is 6.31. The first-order valence-corrected chi connectivity index (χ1v) is 8.69. The fourth-order valence-corrected chi connectivity index (χ4v) is 2.76. The molecule has 0 spiro atoms. The van der Waals surface area contributed by atoms with Crippen LogP contribution in [0.25, 0.3) is 11.0 Å². The lowest BCUT2D eigenvalue weighted by Gasteiger charge is -2.08. The highest BCUT2D eigenvalue weighted by atomic mass is 35.5. The number of methoxy groups -OCH3 is 1. The van der Waals surface area contributed by atoms with Crippen molar-refractivity contribution in [1.82, 2.24) is 0 Å². The lowest BCUT2D eigenvalue weighted by molar-refractivity contribution is -0.383. The summed E-state index contributed by atoms with van der Waals surface area (Å²) < 4.78 is 15.1. The number of nitrogens with zero attached hydrogens (tertiary/aromatic N) is 1. The average molecular weight is 433 g/mol. The summed E-state index contributed by atoms with van der Waals surface area (Å²) in [6.45, 7) is -0.794. The Hall–Kier alpha value is -3.92. The highest BCUT2D eigenvalue weighted by Crippen LogP contribution is 2.27. The molecule has 0 bridgehead atoms. The highest BCUT2D eigenvalue weighted by molar-refractivity contribution is 6.31. The van der Waals surface area contributed by atoms with Crippen molar-refractivity contribution in [1.29, 1.82) is 0 Å². The molecule has 1 aromatic heterocycles. The highest BCUT2D eigenvalue weighted by Gasteiger charge is 2.20. The van der Waals surface area contributed by atoms with Gasteiger partial charge in [0.25, 0.3) is 11.6 Å². The number of benzene rings is 2. The monoisotopic (exact) mass is 432 g/mol. The Kier molecular flexibility index (Phi) is 5.98. The molecule has 1 heterocycles. The number of nitro groups is 1. The predicted octanol–water partition coefficient (Wildman–Crippen LogP) is 3.16. The zero-order valence-corrected chi connectivity index (χ0v) is 16.1. The first kappa shape index (κ1) is 20.8. The summed E-state index contributed by atoms with van der Waals surface area (Å²) in [7, 11) is 1.40. The topological polar surface area (TPSA) is 138 Å². The van der Waals surface area contributed by atoms with Crippen molar-refractivity contribution in [3.63, 3.8) is 0 Å². The Morgan fingerprint density at radius 1 is 1.23 bits per heavy atom. The molecule has 0 saturated heterocycles. The predicted molar refractivity (Wildman–Crippen MR) is 106 cm³/mol. The second-order valence-electron chi connectivity index (χ2n) is 5.87. The van der Waals surface area contributed by atoms with E-state index in [2.05, 4.69) is 5.32 Å². The van der Waals surface area contributed by atoms with Gasteiger partial charge in [-0.25, -0.2) is 9.59 Å². The van der Waals surface area contributed by atoms with Crippen molar-refractivity contribution in [2.24, 2.45) is 0 Å². The maximum Gasteiger partial charge on any atom is 0.351 e. The Morgan fingerprint density at radius 2 is 2.00 bits per heavy atom. The van der Waals surface area contributed by atoms with E-state index >= 15 is 0 Å². The van der Waals surface area contributed by atoms with Crippen LogP contribution in [0.3, 0.4) is 0 Å². The zero-order valence-electron chi connectivity index (χ0n) is 15.3. The summed E-state index contributed by atoms with van der Waals surface area (Å²) >= 11 is 5.79. The van der Waals surface area contributed by atoms with E-state index in [1.165, 1.54) is 25.3 Å². The number of carbonyl (C=O) groups excluding carboxylic acids is 2. The first-order valence-electron chi connectivity index (χ1n) is 8.32. The Balaban J connectivity index is 1.74. The molecule has 3 aromatic rings. The molecule has 10 nitrogen and oxygen atoms in total. The lowest BCUT2D eigenvalue weighted by atomic mass is 10.2. The third kappa shape index (κ3) is 4.39. The number of halogens is 1. The fraction of sp³-hybridized carbons (Fsp3) is 0.105. The van der Waals surface area contributed by atoms with E-state index in [-0.39, 0.29) is 22.0 Å². The Morgan fingerprint density at radius 3 is 2.70 bits per heavy atom. The van der Waals surface area contributed by atoms with Crippen LogP contribution in [0.15, 0.2) is 51.7 Å². The van der Waals surface area contributed by atoms with E-state index < -0.39 is 34.6 Å². The number of rotatable bonds is 6. The first-order chi connectivity index (χ1) is 14.3. The molecule has 1 N–H and O–H groups in total. The summed E-state index contributed by atoms with van der Waals surface area (Å²) in [5, 5.41) is 13.8. The van der Waals surface area contributed by atoms with Crippen LogP contribution in [0, 0.1) is 10.1 Å². The van der Waals surface area contributed by atoms with Crippen LogP contribution in [0.5, 0.6) is 5.75 Å². The van der Waals surface area contributed by atoms with Crippen molar-refractivity contribution in [3.05, 3.63) is 73.6 Å². The van der Waals surface area contributed by atoms with Gasteiger partial charge in [0, 0.05) is 16.5 Å². The van der Waals surface area contributed by atoms with Gasteiger partial charge in [-0.2, -0.15) is 0 Å². The van der Waals surface area contributed by atoms with E-state index in [0.29, 0.717) is 11.1 Å². The van der Waals surface area contributed by atoms with Gasteiger partial charge in [0.1, 0.15) is 11.3 Å². The summed E-state index contributed by atoms with van der Waals surface area (Å²) in [5.74, 6) is -1.64. The number of hydrogen-bond donors (Lipinski definition) is 1. The fourth-order valence-electron chi connectivity index (χ4n) is 2.58. The van der Waals surface area contributed by atoms with Gasteiger partial charge in [-0.3, -0.25) is 14.9 Å². The molecule has 11 heteroatoms. The minimum Gasteiger partial charge on any atom is -0.493 e. The van der Waals surface area contributed by atoms with Crippen molar-refractivity contribution < 1.29 is 28.4 Å². The van der Waals surface area contributed by atoms with Crippen LogP contribution < -0.4 is 15.7 Å². The number of nitrogens with one attached hydrogen (secondary N) is 1. The number of ether oxygens (including phenoxy) is 2. The van der Waals surface area contributed by atoms with Gasteiger partial charge < -0.3 is 19.2 Å². The molecule has 0 unspecified atom stereocenters. The number of esters is 1. The van der Waals surface area contributed by atoms with Crippen LogP contribution >= 0.6 is 11.6 Å². The van der Waals surface area contributed by atoms with Crippen molar-refractivity contribution >= 4 is 45.8 Å². The summed E-state index contributed by atoms with van der Waals surface area (Å²) in [6, 6.07) is 9.69. The lowest BCUT2D eigenvalue weighted by Crippen LogP contribution is -2.24. The van der Waals surface area contributed by atoms with Gasteiger partial charge in [0.15, 0.2) is 17.9 Å². The number of anilines is 1. The molecular formula is C19H13ClN2O8. The van der Waals surface area contributed by atoms with E-state index in [9.17, 15) is 24.5 Å². The van der Waals surface area contributed by atoms with Gasteiger partial charge in [0.2, 0.25) is 0 Å². The molecule has 2 aromatic carbocycles. The zero-order chi connectivity index (χ0) is 21.8. The average Bonchev–Trinajstić information content (AvgIpc) is 2.71. The summed E-state index contributed by atoms with van der Waals surface area (Å²) in [4.78, 5) is 46.7. The number of hydrogen-bond acceptors (Lipinski definition) is 8. The van der Waals surface area contributed by atoms with E-state index in [0.717, 1.165) is 6.07 Å². The minimum atomic E-state index is -1.09. The van der Waals surface area contributed by atoms with Gasteiger partial charge in [0.05, 0.1) is 12.0 Å². The largest absolute Gasteiger partial charge is 0.493 e. The van der Waals surface area contributed by atoms with Crippen molar-refractivity contribution in [2.75, 3.05) is 19.0 Å². The number of para-hydroxylation sites is 1. The van der Waals surface area contributed by atoms with Gasteiger partial charge in [-0.15, -0.1) is 0 Å².